The van der Waals surface area contributed by atoms with Gasteiger partial charge >= 0.3 is 0 Å². The van der Waals surface area contributed by atoms with Crippen LogP contribution >= 0.6 is 0 Å². The number of anilines is 1. The first-order valence-corrected chi connectivity index (χ1v) is 10.5. The van der Waals surface area contributed by atoms with Crippen molar-refractivity contribution in [2.24, 2.45) is 0 Å². The van der Waals surface area contributed by atoms with Crippen molar-refractivity contribution < 1.29 is 14.0 Å². The van der Waals surface area contributed by atoms with Crippen molar-refractivity contribution in [1.29, 1.82) is 0 Å². The van der Waals surface area contributed by atoms with Crippen molar-refractivity contribution in [3.05, 3.63) is 88.3 Å². The van der Waals surface area contributed by atoms with Gasteiger partial charge in [-0.05, 0) is 24.6 Å². The molecule has 6 heteroatoms. The average molecular weight is 414 g/mol. The maximum atomic E-state index is 14.1. The van der Waals surface area contributed by atoms with Crippen LogP contribution in [-0.2, 0) is 10.3 Å². The molecule has 2 aromatic carbocycles. The number of hydrogen-bond acceptors (Lipinski definition) is 4. The predicted octanol–water partition coefficient (Wildman–Crippen LogP) is 3.83. The highest BCUT2D eigenvalue weighted by atomic mass is 16.3. The molecule has 2 aliphatic heterocycles. The molecular weight excluding hydrogens is 392 g/mol. The Kier molecular flexibility index (Phi) is 4.32. The number of unbranched alkanes of at least 4 members (excludes halogenated alkanes) is 1. The number of para-hydroxylation sites is 2. The molecule has 3 aromatic rings. The Bertz CT molecular complexity index is 1310. The van der Waals surface area contributed by atoms with Crippen LogP contribution in [0.5, 0.6) is 0 Å². The fraction of sp³-hybridized carbons (Fsp3) is 0.240. The molecule has 0 bridgehead atoms. The first-order chi connectivity index (χ1) is 15.1. The Morgan fingerprint density at radius 2 is 1.81 bits per heavy atom. The van der Waals surface area contributed by atoms with E-state index in [2.05, 4.69) is 6.58 Å². The van der Waals surface area contributed by atoms with Gasteiger partial charge in [0.15, 0.2) is 11.0 Å². The second-order valence-electron chi connectivity index (χ2n) is 7.87. The first kappa shape index (κ1) is 19.3. The van der Waals surface area contributed by atoms with Gasteiger partial charge in [0, 0.05) is 18.7 Å². The number of rotatable bonds is 5. The van der Waals surface area contributed by atoms with Gasteiger partial charge < -0.3 is 14.2 Å². The third kappa shape index (κ3) is 2.36. The molecule has 6 nitrogen and oxygen atoms in total. The molecule has 0 radical (unpaired) electrons. The van der Waals surface area contributed by atoms with Gasteiger partial charge in [0.1, 0.15) is 5.58 Å². The van der Waals surface area contributed by atoms with Gasteiger partial charge in [-0.3, -0.25) is 14.4 Å². The second-order valence-corrected chi connectivity index (χ2v) is 7.87. The summed E-state index contributed by atoms with van der Waals surface area (Å²) < 4.78 is 5.97. The standard InChI is InChI=1S/C25H22N2O4/c1-3-5-15-27-23(29)22-20(21(28)16-10-6-9-13-19(16)31-22)25(27)17-11-7-8-12-18(17)26(14-4-2)24(25)30/h4,6-13H,2-3,5,14-15H2,1H3/t25-/m1/s1. The number of fused-ring (bicyclic) bond motifs is 5. The lowest BCUT2D eigenvalue weighted by Crippen LogP contribution is -2.53. The smallest absolute Gasteiger partial charge is 0.291 e. The molecule has 0 N–H and O–H groups in total. The van der Waals surface area contributed by atoms with Crippen LogP contribution in [0.1, 0.15) is 41.4 Å². The largest absolute Gasteiger partial charge is 0.450 e. The number of carbonyl (C=O) groups is 2. The Morgan fingerprint density at radius 3 is 2.58 bits per heavy atom. The van der Waals surface area contributed by atoms with E-state index < -0.39 is 11.4 Å². The number of benzene rings is 2. The summed E-state index contributed by atoms with van der Waals surface area (Å²) in [6.07, 6.45) is 3.18. The molecule has 0 saturated heterocycles. The molecule has 3 heterocycles. The van der Waals surface area contributed by atoms with Gasteiger partial charge in [-0.2, -0.15) is 0 Å². The number of carbonyl (C=O) groups excluding carboxylic acids is 2. The van der Waals surface area contributed by atoms with E-state index in [9.17, 15) is 14.4 Å². The summed E-state index contributed by atoms with van der Waals surface area (Å²) in [5, 5.41) is 0.359. The molecule has 1 atom stereocenters. The van der Waals surface area contributed by atoms with Gasteiger partial charge in [0.2, 0.25) is 5.76 Å². The fourth-order valence-electron chi connectivity index (χ4n) is 4.86. The third-order valence-corrected chi connectivity index (χ3v) is 6.19. The average Bonchev–Trinajstić information content (AvgIpc) is 3.18. The first-order valence-electron chi connectivity index (χ1n) is 10.5. The van der Waals surface area contributed by atoms with Crippen LogP contribution in [0.15, 0.2) is 70.4 Å². The summed E-state index contributed by atoms with van der Waals surface area (Å²) in [6.45, 7) is 6.42. The van der Waals surface area contributed by atoms with E-state index in [0.717, 1.165) is 6.42 Å². The van der Waals surface area contributed by atoms with Gasteiger partial charge in [-0.1, -0.05) is 49.8 Å². The summed E-state index contributed by atoms with van der Waals surface area (Å²) in [5.74, 6) is -0.780. The van der Waals surface area contributed by atoms with Gasteiger partial charge in [-0.15, -0.1) is 6.58 Å². The Hall–Kier alpha value is -3.67. The molecule has 0 saturated carbocycles. The van der Waals surface area contributed by atoms with E-state index in [-0.39, 0.29) is 29.2 Å². The van der Waals surface area contributed by atoms with E-state index >= 15 is 0 Å². The maximum absolute atomic E-state index is 14.1. The van der Waals surface area contributed by atoms with Gasteiger partial charge in [0.25, 0.3) is 11.8 Å². The lowest BCUT2D eigenvalue weighted by Gasteiger charge is -2.34. The van der Waals surface area contributed by atoms with Crippen LogP contribution in [0.3, 0.4) is 0 Å². The highest BCUT2D eigenvalue weighted by Gasteiger charge is 2.64. The molecule has 0 fully saturated rings. The SMILES string of the molecule is C=CCN1C(=O)[C@@]2(c3ccccc31)c1c(oc3ccccc3c1=O)C(=O)N2CCCC. The minimum Gasteiger partial charge on any atom is -0.450 e. The summed E-state index contributed by atoms with van der Waals surface area (Å²) in [5.41, 5.74) is -0.0844. The van der Waals surface area contributed by atoms with E-state index in [0.29, 0.717) is 35.2 Å². The van der Waals surface area contributed by atoms with Crippen molar-refractivity contribution in [3.63, 3.8) is 0 Å². The molecule has 5 rings (SSSR count). The highest BCUT2D eigenvalue weighted by molar-refractivity contribution is 6.17. The van der Waals surface area contributed by atoms with Crippen LogP contribution in [-0.4, -0.2) is 29.8 Å². The van der Waals surface area contributed by atoms with Crippen LogP contribution < -0.4 is 10.3 Å². The summed E-state index contributed by atoms with van der Waals surface area (Å²) in [6, 6.07) is 14.2. The molecule has 1 aromatic heterocycles. The lowest BCUT2D eigenvalue weighted by molar-refractivity contribution is -0.126. The summed E-state index contributed by atoms with van der Waals surface area (Å²) >= 11 is 0. The third-order valence-electron chi connectivity index (χ3n) is 6.19. The normalized spacial score (nSPS) is 19.4. The van der Waals surface area contributed by atoms with Crippen LogP contribution in [0.4, 0.5) is 5.69 Å². The Balaban J connectivity index is 1.91. The van der Waals surface area contributed by atoms with Crippen LogP contribution in [0, 0.1) is 0 Å². The monoisotopic (exact) mass is 414 g/mol. The van der Waals surface area contributed by atoms with Crippen molar-refractivity contribution in [1.82, 2.24) is 4.90 Å². The number of nitrogens with zero attached hydrogens (tertiary/aromatic N) is 2. The Labute approximate surface area is 179 Å². The zero-order chi connectivity index (χ0) is 21.8. The molecular formula is C25H22N2O4. The molecule has 0 unspecified atom stereocenters. The van der Waals surface area contributed by atoms with E-state index in [1.165, 1.54) is 4.90 Å². The van der Waals surface area contributed by atoms with E-state index in [4.69, 9.17) is 4.42 Å². The molecule has 2 amide bonds. The van der Waals surface area contributed by atoms with Crippen LogP contribution in [0.2, 0.25) is 0 Å². The van der Waals surface area contributed by atoms with E-state index in [1.807, 2.05) is 31.2 Å². The van der Waals surface area contributed by atoms with E-state index in [1.54, 1.807) is 35.2 Å². The molecule has 31 heavy (non-hydrogen) atoms. The van der Waals surface area contributed by atoms with Crippen molar-refractivity contribution in [2.45, 2.75) is 25.3 Å². The Morgan fingerprint density at radius 1 is 1.06 bits per heavy atom. The second kappa shape index (κ2) is 6.94. The fourth-order valence-corrected chi connectivity index (χ4v) is 4.86. The molecule has 0 aliphatic carbocycles. The molecule has 1 spiro atoms. The van der Waals surface area contributed by atoms with Crippen LogP contribution in [0.25, 0.3) is 11.0 Å². The number of hydrogen-bond donors (Lipinski definition) is 0. The molecule has 156 valence electrons. The highest BCUT2D eigenvalue weighted by Crippen LogP contribution is 2.52. The van der Waals surface area contributed by atoms with Gasteiger partial charge in [-0.25, -0.2) is 0 Å². The molecule has 2 aliphatic rings. The lowest BCUT2D eigenvalue weighted by atomic mass is 9.84. The zero-order valence-corrected chi connectivity index (χ0v) is 17.3. The minimum absolute atomic E-state index is 0.0385. The maximum Gasteiger partial charge on any atom is 0.291 e. The quantitative estimate of drug-likeness (QED) is 0.595. The van der Waals surface area contributed by atoms with Crippen molar-refractivity contribution >= 4 is 28.5 Å². The summed E-state index contributed by atoms with van der Waals surface area (Å²) in [4.78, 5) is 44.5. The van der Waals surface area contributed by atoms with Crippen molar-refractivity contribution in [3.8, 4) is 0 Å². The predicted molar refractivity (Wildman–Crippen MR) is 118 cm³/mol. The minimum atomic E-state index is -1.52. The number of amides is 2. The topological polar surface area (TPSA) is 70.8 Å². The zero-order valence-electron chi connectivity index (χ0n) is 17.3. The van der Waals surface area contributed by atoms with Gasteiger partial charge in [0.05, 0.1) is 16.6 Å². The summed E-state index contributed by atoms with van der Waals surface area (Å²) in [7, 11) is 0. The van der Waals surface area contributed by atoms with Crippen molar-refractivity contribution in [2.75, 3.05) is 18.0 Å².